The van der Waals surface area contributed by atoms with Gasteiger partial charge in [0.15, 0.2) is 0 Å². The number of carbonyl (C=O) groups is 2. The summed E-state index contributed by atoms with van der Waals surface area (Å²) in [5.74, 6) is -0.297. The summed E-state index contributed by atoms with van der Waals surface area (Å²) in [5.41, 5.74) is 4.51. The van der Waals surface area contributed by atoms with Gasteiger partial charge in [0, 0.05) is 24.0 Å². The highest BCUT2D eigenvalue weighted by atomic mass is 16.2. The van der Waals surface area contributed by atoms with E-state index in [-0.39, 0.29) is 18.4 Å². The maximum atomic E-state index is 12.0. The summed E-state index contributed by atoms with van der Waals surface area (Å²) in [6.07, 6.45) is 0. The van der Waals surface area contributed by atoms with Gasteiger partial charge in [0.25, 0.3) is 0 Å². The SMILES string of the molecule is CC(=O)Nc1cccc(NC(=O)CNc2cc(C)cc(C)c2)c1. The molecule has 0 aliphatic carbocycles. The van der Waals surface area contributed by atoms with Crippen molar-refractivity contribution in [2.24, 2.45) is 0 Å². The Morgan fingerprint density at radius 1 is 0.870 bits per heavy atom. The van der Waals surface area contributed by atoms with Crippen LogP contribution in [0.4, 0.5) is 17.1 Å². The van der Waals surface area contributed by atoms with Gasteiger partial charge in [-0.1, -0.05) is 12.1 Å². The third kappa shape index (κ3) is 5.47. The predicted octanol–water partition coefficient (Wildman–Crippen LogP) is 3.31. The summed E-state index contributed by atoms with van der Waals surface area (Å²) in [4.78, 5) is 23.1. The van der Waals surface area contributed by atoms with Crippen LogP contribution in [0.1, 0.15) is 18.1 Å². The van der Waals surface area contributed by atoms with Gasteiger partial charge in [-0.2, -0.15) is 0 Å². The van der Waals surface area contributed by atoms with Crippen molar-refractivity contribution in [1.29, 1.82) is 0 Å². The Bertz CT molecular complexity index is 706. The fourth-order valence-electron chi connectivity index (χ4n) is 2.34. The van der Waals surface area contributed by atoms with Crippen LogP contribution >= 0.6 is 0 Å². The Morgan fingerprint density at radius 3 is 2.09 bits per heavy atom. The molecule has 0 heterocycles. The zero-order valence-electron chi connectivity index (χ0n) is 13.6. The van der Waals surface area contributed by atoms with E-state index in [0.29, 0.717) is 11.4 Å². The summed E-state index contributed by atoms with van der Waals surface area (Å²) >= 11 is 0. The number of hydrogen-bond acceptors (Lipinski definition) is 3. The van der Waals surface area contributed by atoms with Crippen molar-refractivity contribution >= 4 is 28.9 Å². The number of aryl methyl sites for hydroxylation is 2. The molecular formula is C18H21N3O2. The third-order valence-electron chi connectivity index (χ3n) is 3.14. The van der Waals surface area contributed by atoms with Crippen LogP contribution in [0.25, 0.3) is 0 Å². The quantitative estimate of drug-likeness (QED) is 0.793. The van der Waals surface area contributed by atoms with Gasteiger partial charge >= 0.3 is 0 Å². The number of amides is 2. The lowest BCUT2D eigenvalue weighted by molar-refractivity contribution is -0.115. The lowest BCUT2D eigenvalue weighted by Gasteiger charge is -2.10. The Balaban J connectivity index is 1.93. The summed E-state index contributed by atoms with van der Waals surface area (Å²) in [6, 6.07) is 13.1. The molecule has 0 saturated carbocycles. The molecule has 2 aromatic rings. The molecule has 5 heteroatoms. The lowest BCUT2D eigenvalue weighted by atomic mass is 10.1. The average molecular weight is 311 g/mol. The molecule has 2 amide bonds. The molecule has 0 spiro atoms. The Labute approximate surface area is 136 Å². The molecule has 23 heavy (non-hydrogen) atoms. The topological polar surface area (TPSA) is 70.2 Å². The van der Waals surface area contributed by atoms with Gasteiger partial charge in [-0.3, -0.25) is 9.59 Å². The number of nitrogens with one attached hydrogen (secondary N) is 3. The van der Waals surface area contributed by atoms with Gasteiger partial charge in [-0.15, -0.1) is 0 Å². The van der Waals surface area contributed by atoms with Crippen molar-refractivity contribution in [3.63, 3.8) is 0 Å². The van der Waals surface area contributed by atoms with Crippen molar-refractivity contribution in [2.75, 3.05) is 22.5 Å². The summed E-state index contributed by atoms with van der Waals surface area (Å²) in [5, 5.41) is 8.60. The van der Waals surface area contributed by atoms with Gasteiger partial charge in [-0.05, 0) is 55.3 Å². The molecule has 2 aromatic carbocycles. The van der Waals surface area contributed by atoms with E-state index in [0.717, 1.165) is 16.8 Å². The van der Waals surface area contributed by atoms with E-state index in [4.69, 9.17) is 0 Å². The Kier molecular flexibility index (Phi) is 5.36. The minimum Gasteiger partial charge on any atom is -0.376 e. The van der Waals surface area contributed by atoms with Gasteiger partial charge in [0.2, 0.25) is 11.8 Å². The van der Waals surface area contributed by atoms with E-state index in [2.05, 4.69) is 22.0 Å². The first-order valence-electron chi connectivity index (χ1n) is 7.42. The van der Waals surface area contributed by atoms with Crippen LogP contribution in [0.3, 0.4) is 0 Å². The van der Waals surface area contributed by atoms with E-state index in [1.807, 2.05) is 26.0 Å². The fraction of sp³-hybridized carbons (Fsp3) is 0.222. The maximum Gasteiger partial charge on any atom is 0.243 e. The Hall–Kier alpha value is -2.82. The summed E-state index contributed by atoms with van der Waals surface area (Å²) < 4.78 is 0. The summed E-state index contributed by atoms with van der Waals surface area (Å²) in [6.45, 7) is 5.66. The van der Waals surface area contributed by atoms with Gasteiger partial charge in [0.1, 0.15) is 0 Å². The number of carbonyl (C=O) groups excluding carboxylic acids is 2. The van der Waals surface area contributed by atoms with E-state index < -0.39 is 0 Å². The minimum absolute atomic E-state index is 0.148. The van der Waals surface area contributed by atoms with Crippen LogP contribution in [0.15, 0.2) is 42.5 Å². The molecule has 0 aromatic heterocycles. The zero-order chi connectivity index (χ0) is 16.8. The predicted molar refractivity (Wildman–Crippen MR) is 93.8 cm³/mol. The van der Waals surface area contributed by atoms with Crippen LogP contribution in [-0.4, -0.2) is 18.4 Å². The highest BCUT2D eigenvalue weighted by molar-refractivity contribution is 5.95. The minimum atomic E-state index is -0.149. The van der Waals surface area contributed by atoms with Crippen LogP contribution in [0.5, 0.6) is 0 Å². The first kappa shape index (κ1) is 16.5. The maximum absolute atomic E-state index is 12.0. The highest BCUT2D eigenvalue weighted by Crippen LogP contribution is 2.16. The molecule has 2 rings (SSSR count). The third-order valence-corrected chi connectivity index (χ3v) is 3.14. The number of hydrogen-bond donors (Lipinski definition) is 3. The van der Waals surface area contributed by atoms with Crippen molar-refractivity contribution < 1.29 is 9.59 Å². The van der Waals surface area contributed by atoms with E-state index in [1.54, 1.807) is 24.3 Å². The van der Waals surface area contributed by atoms with Crippen molar-refractivity contribution in [2.45, 2.75) is 20.8 Å². The van der Waals surface area contributed by atoms with Gasteiger partial charge < -0.3 is 16.0 Å². The summed E-state index contributed by atoms with van der Waals surface area (Å²) in [7, 11) is 0. The van der Waals surface area contributed by atoms with Gasteiger partial charge in [-0.25, -0.2) is 0 Å². The van der Waals surface area contributed by atoms with E-state index >= 15 is 0 Å². The van der Waals surface area contributed by atoms with E-state index in [9.17, 15) is 9.59 Å². The normalized spacial score (nSPS) is 10.0. The molecule has 0 unspecified atom stereocenters. The van der Waals surface area contributed by atoms with E-state index in [1.165, 1.54) is 6.92 Å². The fourth-order valence-corrected chi connectivity index (χ4v) is 2.34. The first-order valence-corrected chi connectivity index (χ1v) is 7.42. The molecule has 0 saturated heterocycles. The monoisotopic (exact) mass is 311 g/mol. The lowest BCUT2D eigenvalue weighted by Crippen LogP contribution is -2.21. The van der Waals surface area contributed by atoms with Crippen molar-refractivity contribution in [3.05, 3.63) is 53.6 Å². The molecule has 0 fully saturated rings. The molecule has 0 aliphatic heterocycles. The van der Waals surface area contributed by atoms with Crippen molar-refractivity contribution in [3.8, 4) is 0 Å². The van der Waals surface area contributed by atoms with Gasteiger partial charge in [0.05, 0.1) is 6.54 Å². The smallest absolute Gasteiger partial charge is 0.243 e. The number of rotatable bonds is 5. The van der Waals surface area contributed by atoms with Crippen LogP contribution in [-0.2, 0) is 9.59 Å². The number of benzene rings is 2. The average Bonchev–Trinajstić information content (AvgIpc) is 2.44. The second-order valence-corrected chi connectivity index (χ2v) is 5.54. The second kappa shape index (κ2) is 7.45. The Morgan fingerprint density at radius 2 is 1.48 bits per heavy atom. The molecule has 0 bridgehead atoms. The largest absolute Gasteiger partial charge is 0.376 e. The molecule has 120 valence electrons. The molecule has 5 nitrogen and oxygen atoms in total. The van der Waals surface area contributed by atoms with Crippen LogP contribution in [0, 0.1) is 13.8 Å². The molecule has 3 N–H and O–H groups in total. The van der Waals surface area contributed by atoms with Crippen LogP contribution in [0.2, 0.25) is 0 Å². The number of anilines is 3. The first-order chi connectivity index (χ1) is 10.9. The zero-order valence-corrected chi connectivity index (χ0v) is 13.6. The molecular weight excluding hydrogens is 290 g/mol. The highest BCUT2D eigenvalue weighted by Gasteiger charge is 2.04. The molecule has 0 radical (unpaired) electrons. The molecule has 0 atom stereocenters. The van der Waals surface area contributed by atoms with Crippen LogP contribution < -0.4 is 16.0 Å². The second-order valence-electron chi connectivity index (χ2n) is 5.54. The standard InChI is InChI=1S/C18H21N3O2/c1-12-7-13(2)9-17(8-12)19-11-18(23)21-16-6-4-5-15(10-16)20-14(3)22/h4-10,19H,11H2,1-3H3,(H,20,22)(H,21,23). The van der Waals surface area contributed by atoms with Crippen molar-refractivity contribution in [1.82, 2.24) is 0 Å². The molecule has 0 aliphatic rings.